The van der Waals surface area contributed by atoms with Crippen LogP contribution in [0.25, 0.3) is 0 Å². The molecule has 15 heavy (non-hydrogen) atoms. The summed E-state index contributed by atoms with van der Waals surface area (Å²) in [7, 11) is 0. The van der Waals surface area contributed by atoms with Crippen molar-refractivity contribution in [1.82, 2.24) is 0 Å². The first kappa shape index (κ1) is 14.1. The molecule has 88 valence electrons. The van der Waals surface area contributed by atoms with Crippen LogP contribution in [0.3, 0.4) is 0 Å². The maximum Gasteiger partial charge on any atom is 0.331 e. The Morgan fingerprint density at radius 2 is 1.93 bits per heavy atom. The van der Waals surface area contributed by atoms with Crippen molar-refractivity contribution in [2.45, 2.75) is 59.6 Å². The lowest BCUT2D eigenvalue weighted by molar-refractivity contribution is -0.156. The summed E-state index contributed by atoms with van der Waals surface area (Å²) >= 11 is 0. The van der Waals surface area contributed by atoms with Gasteiger partial charge in [-0.3, -0.25) is 4.99 Å². The number of rotatable bonds is 4. The van der Waals surface area contributed by atoms with E-state index >= 15 is 0 Å². The molecule has 0 amide bonds. The quantitative estimate of drug-likeness (QED) is 0.532. The van der Waals surface area contributed by atoms with E-state index in [4.69, 9.17) is 4.74 Å². The number of carbonyl (C=O) groups excluding carboxylic acids is 1. The van der Waals surface area contributed by atoms with E-state index in [0.29, 0.717) is 5.92 Å². The van der Waals surface area contributed by atoms with Gasteiger partial charge >= 0.3 is 5.97 Å². The van der Waals surface area contributed by atoms with Gasteiger partial charge in [0.05, 0.1) is 0 Å². The number of hydrogen-bond donors (Lipinski definition) is 0. The predicted octanol–water partition coefficient (Wildman–Crippen LogP) is 2.83. The first-order valence-electron chi connectivity index (χ1n) is 5.47. The van der Waals surface area contributed by atoms with Crippen molar-refractivity contribution in [3.8, 4) is 0 Å². The molecular formula is C12H23NO2. The van der Waals surface area contributed by atoms with Gasteiger partial charge in [0.1, 0.15) is 11.6 Å². The highest BCUT2D eigenvalue weighted by atomic mass is 16.6. The Labute approximate surface area is 92.9 Å². The van der Waals surface area contributed by atoms with Gasteiger partial charge in [-0.2, -0.15) is 0 Å². The van der Waals surface area contributed by atoms with Gasteiger partial charge in [-0.25, -0.2) is 4.79 Å². The number of hydrogen-bond acceptors (Lipinski definition) is 3. The predicted molar refractivity (Wildman–Crippen MR) is 63.3 cm³/mol. The summed E-state index contributed by atoms with van der Waals surface area (Å²) in [4.78, 5) is 15.9. The van der Waals surface area contributed by atoms with Crippen LogP contribution >= 0.6 is 0 Å². The monoisotopic (exact) mass is 213 g/mol. The van der Waals surface area contributed by atoms with Crippen LogP contribution in [0, 0.1) is 5.92 Å². The summed E-state index contributed by atoms with van der Waals surface area (Å²) in [6.45, 7) is 11.6. The van der Waals surface area contributed by atoms with Gasteiger partial charge in [-0.1, -0.05) is 13.8 Å². The topological polar surface area (TPSA) is 38.7 Å². The standard InChI is InChI=1S/C12H23NO2/c1-7-13-10(8-9(2)3)11(14)15-12(4,5)6/h7,9-10H,8H2,1-6H3. The van der Waals surface area contributed by atoms with Crippen molar-refractivity contribution in [1.29, 1.82) is 0 Å². The van der Waals surface area contributed by atoms with Crippen molar-refractivity contribution in [3.05, 3.63) is 0 Å². The molecule has 0 aromatic heterocycles. The van der Waals surface area contributed by atoms with Crippen LogP contribution in [0.4, 0.5) is 0 Å². The second-order valence-corrected chi connectivity index (χ2v) is 5.09. The second-order valence-electron chi connectivity index (χ2n) is 5.09. The van der Waals surface area contributed by atoms with Crippen LogP contribution in [0.1, 0.15) is 48.0 Å². The third-order valence-corrected chi connectivity index (χ3v) is 1.70. The minimum atomic E-state index is -0.435. The van der Waals surface area contributed by atoms with Gasteiger partial charge in [0.2, 0.25) is 0 Å². The molecule has 0 saturated heterocycles. The summed E-state index contributed by atoms with van der Waals surface area (Å²) in [6.07, 6.45) is 2.40. The molecule has 0 aliphatic heterocycles. The number of carbonyl (C=O) groups is 1. The zero-order chi connectivity index (χ0) is 12.1. The largest absolute Gasteiger partial charge is 0.458 e. The van der Waals surface area contributed by atoms with Gasteiger partial charge in [0.25, 0.3) is 0 Å². The maximum atomic E-state index is 11.7. The Morgan fingerprint density at radius 1 is 1.40 bits per heavy atom. The zero-order valence-electron chi connectivity index (χ0n) is 10.7. The summed E-state index contributed by atoms with van der Waals surface area (Å²) < 4.78 is 5.30. The number of aliphatic imine (C=N–C) groups is 1. The molecule has 0 saturated carbocycles. The lowest BCUT2D eigenvalue weighted by Crippen LogP contribution is -2.31. The van der Waals surface area contributed by atoms with Crippen molar-refractivity contribution < 1.29 is 9.53 Å². The average molecular weight is 213 g/mol. The lowest BCUT2D eigenvalue weighted by atomic mass is 10.0. The van der Waals surface area contributed by atoms with Gasteiger partial charge in [0, 0.05) is 0 Å². The molecule has 0 aromatic rings. The third kappa shape index (κ3) is 7.11. The molecule has 0 radical (unpaired) electrons. The Bertz CT molecular complexity index is 226. The number of ether oxygens (including phenoxy) is 1. The zero-order valence-corrected chi connectivity index (χ0v) is 10.7. The summed E-state index contributed by atoms with van der Waals surface area (Å²) in [6, 6.07) is -0.353. The smallest absolute Gasteiger partial charge is 0.331 e. The van der Waals surface area contributed by atoms with Crippen LogP contribution < -0.4 is 0 Å². The van der Waals surface area contributed by atoms with Crippen molar-refractivity contribution in [3.63, 3.8) is 0 Å². The van der Waals surface area contributed by atoms with Crippen molar-refractivity contribution in [2.75, 3.05) is 0 Å². The highest BCUT2D eigenvalue weighted by Gasteiger charge is 2.24. The Balaban J connectivity index is 4.42. The Morgan fingerprint density at radius 3 is 2.27 bits per heavy atom. The van der Waals surface area contributed by atoms with Gasteiger partial charge < -0.3 is 4.74 Å². The van der Waals surface area contributed by atoms with E-state index in [1.54, 1.807) is 6.21 Å². The first-order chi connectivity index (χ1) is 6.76. The molecule has 0 spiro atoms. The molecule has 0 fully saturated rings. The van der Waals surface area contributed by atoms with Gasteiger partial charge in [0.15, 0.2) is 0 Å². The molecule has 1 unspecified atom stereocenters. The molecule has 0 rings (SSSR count). The molecule has 0 aliphatic rings. The van der Waals surface area contributed by atoms with E-state index in [1.165, 1.54) is 0 Å². The molecule has 0 heterocycles. The summed E-state index contributed by atoms with van der Waals surface area (Å²) in [5.41, 5.74) is -0.435. The molecule has 0 aliphatic carbocycles. The molecule has 3 heteroatoms. The van der Waals surface area contributed by atoms with E-state index in [0.717, 1.165) is 6.42 Å². The number of nitrogens with zero attached hydrogens (tertiary/aromatic N) is 1. The molecule has 0 N–H and O–H groups in total. The molecule has 0 bridgehead atoms. The third-order valence-electron chi connectivity index (χ3n) is 1.70. The lowest BCUT2D eigenvalue weighted by Gasteiger charge is -2.22. The van der Waals surface area contributed by atoms with E-state index in [-0.39, 0.29) is 12.0 Å². The minimum Gasteiger partial charge on any atom is -0.458 e. The first-order valence-corrected chi connectivity index (χ1v) is 5.47. The maximum absolute atomic E-state index is 11.7. The fourth-order valence-electron chi connectivity index (χ4n) is 1.21. The Kier molecular flexibility index (Phi) is 5.55. The fourth-order valence-corrected chi connectivity index (χ4v) is 1.21. The van der Waals surface area contributed by atoms with Gasteiger partial charge in [-0.15, -0.1) is 0 Å². The SMILES string of the molecule is CC=NC(CC(C)C)C(=O)OC(C)(C)C. The van der Waals surface area contributed by atoms with Gasteiger partial charge in [-0.05, 0) is 46.2 Å². The average Bonchev–Trinajstić information content (AvgIpc) is 1.99. The van der Waals surface area contributed by atoms with Crippen LogP contribution in [-0.4, -0.2) is 23.8 Å². The minimum absolute atomic E-state index is 0.227. The molecule has 0 aromatic carbocycles. The second kappa shape index (κ2) is 5.89. The van der Waals surface area contributed by atoms with E-state index < -0.39 is 5.60 Å². The van der Waals surface area contributed by atoms with Crippen LogP contribution in [0.5, 0.6) is 0 Å². The fraction of sp³-hybridized carbons (Fsp3) is 0.833. The summed E-state index contributed by atoms with van der Waals surface area (Å²) in [5, 5.41) is 0. The van der Waals surface area contributed by atoms with E-state index in [9.17, 15) is 4.79 Å². The highest BCUT2D eigenvalue weighted by Crippen LogP contribution is 2.14. The normalized spacial score (nSPS) is 14.6. The van der Waals surface area contributed by atoms with Crippen LogP contribution in [0.15, 0.2) is 4.99 Å². The van der Waals surface area contributed by atoms with Crippen molar-refractivity contribution >= 4 is 12.2 Å². The van der Waals surface area contributed by atoms with E-state index in [1.807, 2.05) is 27.7 Å². The molecular weight excluding hydrogens is 190 g/mol. The molecule has 1 atom stereocenters. The van der Waals surface area contributed by atoms with E-state index in [2.05, 4.69) is 18.8 Å². The summed E-state index contributed by atoms with van der Waals surface area (Å²) in [5.74, 6) is 0.209. The molecule has 3 nitrogen and oxygen atoms in total. The van der Waals surface area contributed by atoms with Crippen LogP contribution in [-0.2, 0) is 9.53 Å². The Hall–Kier alpha value is -0.860. The van der Waals surface area contributed by atoms with Crippen molar-refractivity contribution in [2.24, 2.45) is 10.9 Å². The highest BCUT2D eigenvalue weighted by molar-refractivity contribution is 5.78. The van der Waals surface area contributed by atoms with Crippen LogP contribution in [0.2, 0.25) is 0 Å². The number of esters is 1.